The Morgan fingerprint density at radius 2 is 2.00 bits per heavy atom. The molecule has 0 aliphatic heterocycles. The highest BCUT2D eigenvalue weighted by atomic mass is 32.1. The largest absolute Gasteiger partial charge is 0.383 e. The van der Waals surface area contributed by atoms with Gasteiger partial charge in [0, 0.05) is 45.8 Å². The molecule has 0 bridgehead atoms. The van der Waals surface area contributed by atoms with Crippen molar-refractivity contribution < 1.29 is 9.47 Å². The lowest BCUT2D eigenvalue weighted by atomic mass is 10.3. The molecule has 1 rings (SSSR count). The molecule has 0 saturated heterocycles. The van der Waals surface area contributed by atoms with Crippen LogP contribution in [0.4, 0.5) is 5.13 Å². The van der Waals surface area contributed by atoms with Gasteiger partial charge in [-0.25, -0.2) is 4.98 Å². The van der Waals surface area contributed by atoms with Crippen molar-refractivity contribution in [2.24, 2.45) is 0 Å². The van der Waals surface area contributed by atoms with Crippen LogP contribution in [-0.2, 0) is 22.4 Å². The Labute approximate surface area is 119 Å². The van der Waals surface area contributed by atoms with Crippen LogP contribution in [0.25, 0.3) is 0 Å². The average Bonchev–Trinajstić information content (AvgIpc) is 2.84. The van der Waals surface area contributed by atoms with Crippen LogP contribution >= 0.6 is 11.3 Å². The summed E-state index contributed by atoms with van der Waals surface area (Å²) in [6.07, 6.45) is 0.968. The van der Waals surface area contributed by atoms with E-state index in [0.29, 0.717) is 0 Å². The lowest BCUT2D eigenvalue weighted by Gasteiger charge is -2.14. The smallest absolute Gasteiger partial charge is 0.185 e. The summed E-state index contributed by atoms with van der Waals surface area (Å²) in [7, 11) is 5.49. The number of aryl methyl sites for hydroxylation is 1. The van der Waals surface area contributed by atoms with Crippen LogP contribution in [0.3, 0.4) is 0 Å². The molecule has 110 valence electrons. The quantitative estimate of drug-likeness (QED) is 0.661. The predicted octanol–water partition coefficient (Wildman–Crippen LogP) is 1.52. The third kappa shape index (κ3) is 5.44. The first-order chi connectivity index (χ1) is 9.22. The molecule has 19 heavy (non-hydrogen) atoms. The minimum Gasteiger partial charge on any atom is -0.383 e. The van der Waals surface area contributed by atoms with E-state index in [9.17, 15) is 0 Å². The second kappa shape index (κ2) is 9.25. The van der Waals surface area contributed by atoms with Gasteiger partial charge < -0.3 is 19.7 Å². The zero-order chi connectivity index (χ0) is 14.1. The summed E-state index contributed by atoms with van der Waals surface area (Å²) in [5.74, 6) is 0. The van der Waals surface area contributed by atoms with Gasteiger partial charge in [0.15, 0.2) is 5.13 Å². The highest BCUT2D eigenvalue weighted by Crippen LogP contribution is 2.25. The highest BCUT2D eigenvalue weighted by Gasteiger charge is 2.12. The molecule has 0 atom stereocenters. The Morgan fingerprint density at radius 3 is 2.63 bits per heavy atom. The fourth-order valence-corrected chi connectivity index (χ4v) is 2.75. The van der Waals surface area contributed by atoms with Crippen LogP contribution in [0.1, 0.15) is 17.5 Å². The summed E-state index contributed by atoms with van der Waals surface area (Å²) < 4.78 is 10.1. The summed E-state index contributed by atoms with van der Waals surface area (Å²) >= 11 is 1.76. The van der Waals surface area contributed by atoms with E-state index in [0.717, 1.165) is 44.4 Å². The van der Waals surface area contributed by atoms with E-state index in [-0.39, 0.29) is 0 Å². The van der Waals surface area contributed by atoms with E-state index in [2.05, 4.69) is 24.2 Å². The van der Waals surface area contributed by atoms with Crippen LogP contribution in [-0.4, -0.2) is 52.6 Å². The maximum Gasteiger partial charge on any atom is 0.185 e. The molecule has 0 unspecified atom stereocenters. The standard InChI is InChI=1S/C13H25N3O2S/c1-5-11-12(10-14-6-8-17-3)19-13(15-11)16(2)7-9-18-4/h14H,5-10H2,1-4H3. The predicted molar refractivity (Wildman–Crippen MR) is 80.2 cm³/mol. The number of nitrogens with one attached hydrogen (secondary N) is 1. The highest BCUT2D eigenvalue weighted by molar-refractivity contribution is 7.15. The van der Waals surface area contributed by atoms with Gasteiger partial charge in [-0.3, -0.25) is 0 Å². The first-order valence-corrected chi connectivity index (χ1v) is 7.42. The minimum absolute atomic E-state index is 0.721. The molecule has 0 fully saturated rings. The minimum atomic E-state index is 0.721. The zero-order valence-corrected chi connectivity index (χ0v) is 13.2. The number of anilines is 1. The van der Waals surface area contributed by atoms with Gasteiger partial charge in [0.25, 0.3) is 0 Å². The van der Waals surface area contributed by atoms with E-state index in [1.165, 1.54) is 10.6 Å². The second-order valence-electron chi connectivity index (χ2n) is 4.30. The first kappa shape index (κ1) is 16.4. The van der Waals surface area contributed by atoms with E-state index in [1.807, 2.05) is 0 Å². The first-order valence-electron chi connectivity index (χ1n) is 6.61. The number of thiazole rings is 1. The molecule has 1 aromatic heterocycles. The molecule has 1 heterocycles. The number of hydrogen-bond acceptors (Lipinski definition) is 6. The summed E-state index contributed by atoms with van der Waals surface area (Å²) in [5.41, 5.74) is 1.19. The Hall–Kier alpha value is -0.690. The summed E-state index contributed by atoms with van der Waals surface area (Å²) in [6.45, 7) is 6.20. The normalized spacial score (nSPS) is 10.9. The van der Waals surface area contributed by atoms with Gasteiger partial charge in [0.1, 0.15) is 0 Å². The van der Waals surface area contributed by atoms with Crippen LogP contribution < -0.4 is 10.2 Å². The molecule has 0 radical (unpaired) electrons. The fraction of sp³-hybridized carbons (Fsp3) is 0.769. The van der Waals surface area contributed by atoms with Crippen LogP contribution in [0.2, 0.25) is 0 Å². The molecule has 0 aliphatic rings. The van der Waals surface area contributed by atoms with Crippen molar-refractivity contribution in [2.45, 2.75) is 19.9 Å². The molecular weight excluding hydrogens is 262 g/mol. The molecule has 6 heteroatoms. The van der Waals surface area contributed by atoms with Crippen molar-refractivity contribution in [3.8, 4) is 0 Å². The lowest BCUT2D eigenvalue weighted by molar-refractivity contribution is 0.199. The molecule has 1 aromatic rings. The lowest BCUT2D eigenvalue weighted by Crippen LogP contribution is -2.21. The van der Waals surface area contributed by atoms with Crippen molar-refractivity contribution >= 4 is 16.5 Å². The Morgan fingerprint density at radius 1 is 1.26 bits per heavy atom. The third-order valence-electron chi connectivity index (χ3n) is 2.83. The number of nitrogens with zero attached hydrogens (tertiary/aromatic N) is 2. The molecular formula is C13H25N3O2S. The molecule has 1 N–H and O–H groups in total. The average molecular weight is 287 g/mol. The Kier molecular flexibility index (Phi) is 7.97. The summed E-state index contributed by atoms with van der Waals surface area (Å²) in [6, 6.07) is 0. The molecule has 0 amide bonds. The van der Waals surface area contributed by atoms with Crippen molar-refractivity contribution in [2.75, 3.05) is 52.5 Å². The summed E-state index contributed by atoms with van der Waals surface area (Å²) in [4.78, 5) is 8.16. The van der Waals surface area contributed by atoms with Crippen LogP contribution in [0.5, 0.6) is 0 Å². The molecule has 0 spiro atoms. The van der Waals surface area contributed by atoms with E-state index >= 15 is 0 Å². The molecule has 0 saturated carbocycles. The molecule has 0 aromatic carbocycles. The van der Waals surface area contributed by atoms with Crippen LogP contribution in [0.15, 0.2) is 0 Å². The number of rotatable bonds is 10. The van der Waals surface area contributed by atoms with Gasteiger partial charge in [-0.15, -0.1) is 11.3 Å². The van der Waals surface area contributed by atoms with Gasteiger partial charge in [0.2, 0.25) is 0 Å². The Bertz CT molecular complexity index is 358. The number of aromatic nitrogens is 1. The fourth-order valence-electron chi connectivity index (χ4n) is 1.65. The van der Waals surface area contributed by atoms with E-state index < -0.39 is 0 Å². The van der Waals surface area contributed by atoms with Crippen LogP contribution in [0, 0.1) is 0 Å². The van der Waals surface area contributed by atoms with Crippen molar-refractivity contribution in [3.63, 3.8) is 0 Å². The topological polar surface area (TPSA) is 46.6 Å². The third-order valence-corrected chi connectivity index (χ3v) is 4.04. The van der Waals surface area contributed by atoms with Gasteiger partial charge in [-0.1, -0.05) is 6.92 Å². The van der Waals surface area contributed by atoms with Gasteiger partial charge in [-0.05, 0) is 6.42 Å². The Balaban J connectivity index is 2.57. The van der Waals surface area contributed by atoms with Crippen molar-refractivity contribution in [1.29, 1.82) is 0 Å². The second-order valence-corrected chi connectivity index (χ2v) is 5.37. The number of hydrogen-bond donors (Lipinski definition) is 1. The SMILES string of the molecule is CCc1nc(N(C)CCOC)sc1CNCCOC. The zero-order valence-electron chi connectivity index (χ0n) is 12.4. The van der Waals surface area contributed by atoms with Gasteiger partial charge in [-0.2, -0.15) is 0 Å². The number of ether oxygens (including phenoxy) is 2. The van der Waals surface area contributed by atoms with Gasteiger partial charge >= 0.3 is 0 Å². The van der Waals surface area contributed by atoms with Crippen molar-refractivity contribution in [3.05, 3.63) is 10.6 Å². The number of likely N-dealkylation sites (N-methyl/N-ethyl adjacent to an activating group) is 1. The number of methoxy groups -OCH3 is 2. The van der Waals surface area contributed by atoms with Gasteiger partial charge in [0.05, 0.1) is 18.9 Å². The summed E-state index contributed by atoms with van der Waals surface area (Å²) in [5, 5.41) is 4.44. The maximum absolute atomic E-state index is 5.10. The maximum atomic E-state index is 5.10. The molecule has 5 nitrogen and oxygen atoms in total. The van der Waals surface area contributed by atoms with E-state index in [4.69, 9.17) is 14.5 Å². The van der Waals surface area contributed by atoms with E-state index in [1.54, 1.807) is 25.6 Å². The van der Waals surface area contributed by atoms with Crippen molar-refractivity contribution in [1.82, 2.24) is 10.3 Å². The molecule has 0 aliphatic carbocycles. The monoisotopic (exact) mass is 287 g/mol.